The Morgan fingerprint density at radius 3 is 2.53 bits per heavy atom. The summed E-state index contributed by atoms with van der Waals surface area (Å²) in [6, 6.07) is 15.9. The Balaban J connectivity index is 1.83. The average molecular weight is 431 g/mol. The molecule has 0 aliphatic heterocycles. The molecule has 7 nitrogen and oxygen atoms in total. The molecule has 2 aromatic carbocycles. The van der Waals surface area contributed by atoms with Gasteiger partial charge < -0.3 is 19.5 Å². The Bertz CT molecular complexity index is 1200. The Morgan fingerprint density at radius 2 is 1.78 bits per heavy atom. The standard InChI is InChI=1S/C25H26N4O3/c1-4-31-22-15-19(17-7-5-9-20(13-17)32-12-11-30-3)14-21-23(22)28-24(29-25(21)26-2)18-8-6-10-27-16-18/h5-10,13-16H,4,11-12H2,1-3H3,(H,26,28,29). The number of hydrogen-bond acceptors (Lipinski definition) is 7. The number of rotatable bonds is 9. The van der Waals surface area contributed by atoms with E-state index in [0.29, 0.717) is 31.4 Å². The summed E-state index contributed by atoms with van der Waals surface area (Å²) in [6.45, 7) is 3.53. The van der Waals surface area contributed by atoms with Crippen LogP contribution in [0, 0.1) is 0 Å². The van der Waals surface area contributed by atoms with Gasteiger partial charge in [-0.3, -0.25) is 4.98 Å². The smallest absolute Gasteiger partial charge is 0.163 e. The van der Waals surface area contributed by atoms with Crippen molar-refractivity contribution in [1.29, 1.82) is 0 Å². The van der Waals surface area contributed by atoms with Crippen molar-refractivity contribution in [2.75, 3.05) is 39.3 Å². The summed E-state index contributed by atoms with van der Waals surface area (Å²) in [4.78, 5) is 13.7. The zero-order chi connectivity index (χ0) is 22.3. The molecule has 0 saturated carbocycles. The largest absolute Gasteiger partial charge is 0.492 e. The molecule has 2 aromatic heterocycles. The van der Waals surface area contributed by atoms with Gasteiger partial charge in [-0.2, -0.15) is 0 Å². The zero-order valence-corrected chi connectivity index (χ0v) is 18.5. The van der Waals surface area contributed by atoms with Crippen molar-refractivity contribution in [3.8, 4) is 34.0 Å². The maximum Gasteiger partial charge on any atom is 0.163 e. The fraction of sp³-hybridized carbons (Fsp3) is 0.240. The molecule has 0 fully saturated rings. The number of aromatic nitrogens is 3. The highest BCUT2D eigenvalue weighted by atomic mass is 16.5. The van der Waals surface area contributed by atoms with Crippen LogP contribution in [0.1, 0.15) is 6.92 Å². The summed E-state index contributed by atoms with van der Waals surface area (Å²) in [5.74, 6) is 2.81. The molecule has 4 rings (SSSR count). The molecular formula is C25H26N4O3. The van der Waals surface area contributed by atoms with E-state index in [1.54, 1.807) is 19.5 Å². The summed E-state index contributed by atoms with van der Waals surface area (Å²) < 4.78 is 16.9. The van der Waals surface area contributed by atoms with Gasteiger partial charge in [-0.05, 0) is 54.4 Å². The lowest BCUT2D eigenvalue weighted by molar-refractivity contribution is 0.146. The maximum absolute atomic E-state index is 6.00. The zero-order valence-electron chi connectivity index (χ0n) is 18.5. The predicted molar refractivity (Wildman–Crippen MR) is 126 cm³/mol. The first-order valence-corrected chi connectivity index (χ1v) is 10.5. The van der Waals surface area contributed by atoms with Gasteiger partial charge >= 0.3 is 0 Å². The molecule has 0 aliphatic rings. The third kappa shape index (κ3) is 4.63. The van der Waals surface area contributed by atoms with Crippen molar-refractivity contribution >= 4 is 16.7 Å². The monoisotopic (exact) mass is 430 g/mol. The van der Waals surface area contributed by atoms with Crippen molar-refractivity contribution in [2.24, 2.45) is 0 Å². The number of anilines is 1. The van der Waals surface area contributed by atoms with E-state index in [2.05, 4.69) is 16.4 Å². The van der Waals surface area contributed by atoms with Gasteiger partial charge in [0.1, 0.15) is 29.4 Å². The van der Waals surface area contributed by atoms with E-state index in [4.69, 9.17) is 24.2 Å². The summed E-state index contributed by atoms with van der Waals surface area (Å²) in [5.41, 5.74) is 3.60. The Kier molecular flexibility index (Phi) is 6.77. The number of benzene rings is 2. The van der Waals surface area contributed by atoms with Gasteiger partial charge in [-0.25, -0.2) is 9.97 Å². The van der Waals surface area contributed by atoms with Crippen LogP contribution in [0.25, 0.3) is 33.4 Å². The number of fused-ring (bicyclic) bond motifs is 1. The summed E-state index contributed by atoms with van der Waals surface area (Å²) >= 11 is 0. The number of ether oxygens (including phenoxy) is 3. The minimum atomic E-state index is 0.497. The number of methoxy groups -OCH3 is 1. The van der Waals surface area contributed by atoms with Gasteiger partial charge in [0.05, 0.1) is 13.2 Å². The van der Waals surface area contributed by atoms with Crippen LogP contribution >= 0.6 is 0 Å². The minimum Gasteiger partial charge on any atom is -0.492 e. The van der Waals surface area contributed by atoms with E-state index in [0.717, 1.165) is 39.2 Å². The average Bonchev–Trinajstić information content (AvgIpc) is 2.84. The third-order valence-corrected chi connectivity index (χ3v) is 4.95. The number of pyridine rings is 1. The quantitative estimate of drug-likeness (QED) is 0.381. The van der Waals surface area contributed by atoms with Crippen molar-refractivity contribution in [3.63, 3.8) is 0 Å². The van der Waals surface area contributed by atoms with Gasteiger partial charge in [0.25, 0.3) is 0 Å². The lowest BCUT2D eigenvalue weighted by Gasteiger charge is -2.15. The normalized spacial score (nSPS) is 10.8. The minimum absolute atomic E-state index is 0.497. The van der Waals surface area contributed by atoms with Crippen LogP contribution in [0.2, 0.25) is 0 Å². The first kappa shape index (κ1) is 21.5. The van der Waals surface area contributed by atoms with Crippen LogP contribution in [-0.4, -0.2) is 48.9 Å². The molecule has 0 atom stereocenters. The molecule has 0 bridgehead atoms. The van der Waals surface area contributed by atoms with Crippen molar-refractivity contribution in [1.82, 2.24) is 15.0 Å². The fourth-order valence-corrected chi connectivity index (χ4v) is 3.46. The van der Waals surface area contributed by atoms with Crippen LogP contribution in [0.3, 0.4) is 0 Å². The summed E-state index contributed by atoms with van der Waals surface area (Å²) in [7, 11) is 3.51. The predicted octanol–water partition coefficient (Wildman–Crippen LogP) is 4.82. The van der Waals surface area contributed by atoms with Crippen molar-refractivity contribution in [2.45, 2.75) is 6.92 Å². The van der Waals surface area contributed by atoms with Crippen LogP contribution in [-0.2, 0) is 4.74 Å². The van der Waals surface area contributed by atoms with E-state index in [1.807, 2.05) is 56.4 Å². The van der Waals surface area contributed by atoms with Crippen LogP contribution in [0.5, 0.6) is 11.5 Å². The van der Waals surface area contributed by atoms with Crippen LogP contribution in [0.4, 0.5) is 5.82 Å². The van der Waals surface area contributed by atoms with Crippen LogP contribution < -0.4 is 14.8 Å². The van der Waals surface area contributed by atoms with Crippen molar-refractivity contribution < 1.29 is 14.2 Å². The van der Waals surface area contributed by atoms with Gasteiger partial charge in [-0.1, -0.05) is 12.1 Å². The number of nitrogens with zero attached hydrogens (tertiary/aromatic N) is 3. The van der Waals surface area contributed by atoms with Gasteiger partial charge in [-0.15, -0.1) is 0 Å². The molecule has 4 aromatic rings. The molecule has 164 valence electrons. The lowest BCUT2D eigenvalue weighted by Crippen LogP contribution is -2.04. The molecule has 0 saturated heterocycles. The second kappa shape index (κ2) is 10.1. The van der Waals surface area contributed by atoms with E-state index < -0.39 is 0 Å². The second-order valence-electron chi connectivity index (χ2n) is 7.06. The van der Waals surface area contributed by atoms with E-state index in [-0.39, 0.29) is 0 Å². The molecule has 1 N–H and O–H groups in total. The first-order chi connectivity index (χ1) is 15.7. The third-order valence-electron chi connectivity index (χ3n) is 4.95. The molecule has 32 heavy (non-hydrogen) atoms. The highest BCUT2D eigenvalue weighted by Gasteiger charge is 2.15. The molecule has 0 radical (unpaired) electrons. The van der Waals surface area contributed by atoms with Gasteiger partial charge in [0.2, 0.25) is 0 Å². The second-order valence-corrected chi connectivity index (χ2v) is 7.06. The highest BCUT2D eigenvalue weighted by molar-refractivity contribution is 5.97. The van der Waals surface area contributed by atoms with Gasteiger partial charge in [0.15, 0.2) is 5.82 Å². The molecule has 0 aliphatic carbocycles. The van der Waals surface area contributed by atoms with E-state index in [9.17, 15) is 0 Å². The maximum atomic E-state index is 6.00. The van der Waals surface area contributed by atoms with Crippen LogP contribution in [0.15, 0.2) is 60.9 Å². The molecule has 0 amide bonds. The Labute approximate surface area is 187 Å². The highest BCUT2D eigenvalue weighted by Crippen LogP contribution is 2.36. The summed E-state index contributed by atoms with van der Waals surface area (Å²) in [5, 5.41) is 4.09. The fourth-order valence-electron chi connectivity index (χ4n) is 3.46. The molecule has 0 spiro atoms. The number of hydrogen-bond donors (Lipinski definition) is 1. The summed E-state index contributed by atoms with van der Waals surface area (Å²) in [6.07, 6.45) is 3.49. The lowest BCUT2D eigenvalue weighted by atomic mass is 10.0. The molecule has 0 unspecified atom stereocenters. The Morgan fingerprint density at radius 1 is 0.906 bits per heavy atom. The van der Waals surface area contributed by atoms with Gasteiger partial charge in [0, 0.05) is 37.5 Å². The Hall–Kier alpha value is -3.71. The van der Waals surface area contributed by atoms with Crippen molar-refractivity contribution in [3.05, 3.63) is 60.9 Å². The molecular weight excluding hydrogens is 404 g/mol. The number of nitrogens with one attached hydrogen (secondary N) is 1. The van der Waals surface area contributed by atoms with E-state index >= 15 is 0 Å². The molecule has 7 heteroatoms. The first-order valence-electron chi connectivity index (χ1n) is 10.5. The molecule has 2 heterocycles. The topological polar surface area (TPSA) is 78.4 Å². The SMILES string of the molecule is CCOc1cc(-c2cccc(OCCOC)c2)cc2c(NC)nc(-c3cccnc3)nc12. The van der Waals surface area contributed by atoms with E-state index in [1.165, 1.54) is 0 Å².